The molecule has 21 heavy (non-hydrogen) atoms. The van der Waals surface area contributed by atoms with Gasteiger partial charge in [0.25, 0.3) is 0 Å². The molecule has 0 aromatic heterocycles. The lowest BCUT2D eigenvalue weighted by atomic mass is 9.88. The third-order valence-corrected chi connectivity index (χ3v) is 4.68. The summed E-state index contributed by atoms with van der Waals surface area (Å²) in [5.74, 6) is 0.645. The van der Waals surface area contributed by atoms with Gasteiger partial charge in [0.15, 0.2) is 0 Å². The standard InChI is InChI=1S/C17H18BrNO.ClH/c1-19-8-7-13-9-16(18)17(20)10-14(13)15(11-19)12-5-3-2-4-6-12;/h2-6,9-10,15,20H,7-8,11H2,1H3;1H. The van der Waals surface area contributed by atoms with E-state index in [9.17, 15) is 5.11 Å². The number of phenolic OH excluding ortho intramolecular Hbond substituents is 1. The van der Waals surface area contributed by atoms with Gasteiger partial charge in [-0.15, -0.1) is 12.4 Å². The molecule has 0 spiro atoms. The Morgan fingerprint density at radius 1 is 1.19 bits per heavy atom. The van der Waals surface area contributed by atoms with E-state index in [-0.39, 0.29) is 12.4 Å². The Bertz CT molecular complexity index is 618. The number of benzene rings is 2. The van der Waals surface area contributed by atoms with Crippen LogP contribution in [0.1, 0.15) is 22.6 Å². The number of fused-ring (bicyclic) bond motifs is 1. The molecule has 3 rings (SSSR count). The van der Waals surface area contributed by atoms with Crippen LogP contribution in [0, 0.1) is 0 Å². The van der Waals surface area contributed by atoms with Crippen molar-refractivity contribution in [1.82, 2.24) is 4.90 Å². The van der Waals surface area contributed by atoms with E-state index in [0.717, 1.165) is 24.0 Å². The van der Waals surface area contributed by atoms with Crippen LogP contribution in [0.2, 0.25) is 0 Å². The van der Waals surface area contributed by atoms with Gasteiger partial charge in [0, 0.05) is 19.0 Å². The molecule has 2 aromatic rings. The Morgan fingerprint density at radius 2 is 1.90 bits per heavy atom. The Kier molecular flexibility index (Phi) is 5.31. The fourth-order valence-electron chi connectivity index (χ4n) is 2.94. The summed E-state index contributed by atoms with van der Waals surface area (Å²) in [6.07, 6.45) is 1.02. The molecule has 1 N–H and O–H groups in total. The van der Waals surface area contributed by atoms with E-state index in [1.54, 1.807) is 0 Å². The highest BCUT2D eigenvalue weighted by Crippen LogP contribution is 2.36. The van der Waals surface area contributed by atoms with Crippen LogP contribution in [-0.4, -0.2) is 30.1 Å². The van der Waals surface area contributed by atoms with Gasteiger partial charge < -0.3 is 10.0 Å². The highest BCUT2D eigenvalue weighted by Gasteiger charge is 2.24. The van der Waals surface area contributed by atoms with Gasteiger partial charge in [-0.3, -0.25) is 0 Å². The number of nitrogens with zero attached hydrogens (tertiary/aromatic N) is 1. The minimum atomic E-state index is 0. The second kappa shape index (κ2) is 6.82. The molecule has 1 aliphatic heterocycles. The largest absolute Gasteiger partial charge is 0.507 e. The van der Waals surface area contributed by atoms with Gasteiger partial charge in [-0.1, -0.05) is 30.3 Å². The lowest BCUT2D eigenvalue weighted by molar-refractivity contribution is 0.338. The number of aromatic hydroxyl groups is 1. The van der Waals surface area contributed by atoms with E-state index >= 15 is 0 Å². The normalized spacial score (nSPS) is 18.5. The number of hydrogen-bond donors (Lipinski definition) is 1. The fraction of sp³-hybridized carbons (Fsp3) is 0.294. The van der Waals surface area contributed by atoms with E-state index in [0.29, 0.717) is 11.7 Å². The molecule has 0 radical (unpaired) electrons. The Hall–Kier alpha value is -1.03. The van der Waals surface area contributed by atoms with Crippen molar-refractivity contribution in [3.63, 3.8) is 0 Å². The van der Waals surface area contributed by atoms with Crippen LogP contribution >= 0.6 is 28.3 Å². The topological polar surface area (TPSA) is 23.5 Å². The number of phenols is 1. The number of rotatable bonds is 1. The van der Waals surface area contributed by atoms with Crippen molar-refractivity contribution in [3.8, 4) is 5.75 Å². The first-order valence-electron chi connectivity index (χ1n) is 6.90. The first-order chi connectivity index (χ1) is 9.65. The molecule has 1 atom stereocenters. The van der Waals surface area contributed by atoms with Crippen molar-refractivity contribution in [3.05, 3.63) is 63.6 Å². The summed E-state index contributed by atoms with van der Waals surface area (Å²) < 4.78 is 0.785. The van der Waals surface area contributed by atoms with Gasteiger partial charge in [0.05, 0.1) is 4.47 Å². The van der Waals surface area contributed by atoms with Gasteiger partial charge >= 0.3 is 0 Å². The third kappa shape index (κ3) is 3.42. The Morgan fingerprint density at radius 3 is 2.62 bits per heavy atom. The molecular formula is C17H19BrClNO. The van der Waals surface area contributed by atoms with Gasteiger partial charge in [-0.2, -0.15) is 0 Å². The maximum absolute atomic E-state index is 10.0. The molecule has 2 aromatic carbocycles. The molecule has 0 amide bonds. The molecule has 0 saturated heterocycles. The molecule has 2 nitrogen and oxygen atoms in total. The van der Waals surface area contributed by atoms with Gasteiger partial charge in [-0.05, 0) is 58.2 Å². The Balaban J connectivity index is 0.00000161. The molecule has 1 unspecified atom stereocenters. The highest BCUT2D eigenvalue weighted by molar-refractivity contribution is 9.10. The lowest BCUT2D eigenvalue weighted by Gasteiger charge is -2.22. The van der Waals surface area contributed by atoms with Crippen LogP contribution in [0.25, 0.3) is 0 Å². The third-order valence-electron chi connectivity index (χ3n) is 4.04. The summed E-state index contributed by atoms with van der Waals surface area (Å²) in [7, 11) is 2.16. The number of likely N-dealkylation sites (N-methyl/N-ethyl adjacent to an activating group) is 1. The van der Waals surface area contributed by atoms with Crippen molar-refractivity contribution >= 4 is 28.3 Å². The lowest BCUT2D eigenvalue weighted by Crippen LogP contribution is -2.24. The second-order valence-electron chi connectivity index (χ2n) is 5.48. The van der Waals surface area contributed by atoms with E-state index in [1.807, 2.05) is 12.1 Å². The zero-order valence-electron chi connectivity index (χ0n) is 11.9. The van der Waals surface area contributed by atoms with E-state index < -0.39 is 0 Å². The van der Waals surface area contributed by atoms with Crippen LogP contribution in [0.5, 0.6) is 5.75 Å². The predicted octanol–water partition coefficient (Wildman–Crippen LogP) is 4.20. The van der Waals surface area contributed by atoms with E-state index in [1.165, 1.54) is 16.7 Å². The number of hydrogen-bond acceptors (Lipinski definition) is 2. The van der Waals surface area contributed by atoms with Crippen molar-refractivity contribution in [2.45, 2.75) is 12.3 Å². The average Bonchev–Trinajstić information content (AvgIpc) is 2.61. The van der Waals surface area contributed by atoms with E-state index in [4.69, 9.17) is 0 Å². The fourth-order valence-corrected chi connectivity index (χ4v) is 3.33. The summed E-state index contributed by atoms with van der Waals surface area (Å²) in [5, 5.41) is 10.0. The minimum Gasteiger partial charge on any atom is -0.507 e. The number of halogens is 2. The van der Waals surface area contributed by atoms with Crippen molar-refractivity contribution in [2.75, 3.05) is 20.1 Å². The van der Waals surface area contributed by atoms with Crippen LogP contribution in [0.15, 0.2) is 46.9 Å². The minimum absolute atomic E-state index is 0. The molecule has 1 aliphatic rings. The van der Waals surface area contributed by atoms with Crippen LogP contribution < -0.4 is 0 Å². The molecule has 0 aliphatic carbocycles. The van der Waals surface area contributed by atoms with Gasteiger partial charge in [0.2, 0.25) is 0 Å². The summed E-state index contributed by atoms with van der Waals surface area (Å²) >= 11 is 3.43. The summed E-state index contributed by atoms with van der Waals surface area (Å²) in [5.41, 5.74) is 3.89. The monoisotopic (exact) mass is 367 g/mol. The van der Waals surface area contributed by atoms with Crippen LogP contribution in [0.4, 0.5) is 0 Å². The SMILES string of the molecule is CN1CCc2cc(Br)c(O)cc2C(c2ccccc2)C1.Cl. The molecule has 112 valence electrons. The smallest absolute Gasteiger partial charge is 0.130 e. The predicted molar refractivity (Wildman–Crippen MR) is 92.5 cm³/mol. The zero-order valence-corrected chi connectivity index (χ0v) is 14.3. The maximum atomic E-state index is 10.0. The second-order valence-corrected chi connectivity index (χ2v) is 6.33. The molecule has 0 bridgehead atoms. The van der Waals surface area contributed by atoms with Crippen LogP contribution in [-0.2, 0) is 6.42 Å². The van der Waals surface area contributed by atoms with Crippen molar-refractivity contribution < 1.29 is 5.11 Å². The summed E-state index contributed by atoms with van der Waals surface area (Å²) in [6, 6.07) is 14.6. The van der Waals surface area contributed by atoms with Gasteiger partial charge in [0.1, 0.15) is 5.75 Å². The summed E-state index contributed by atoms with van der Waals surface area (Å²) in [6.45, 7) is 2.03. The first-order valence-corrected chi connectivity index (χ1v) is 7.69. The Labute approximate surface area is 140 Å². The maximum Gasteiger partial charge on any atom is 0.130 e. The van der Waals surface area contributed by atoms with Crippen molar-refractivity contribution in [2.24, 2.45) is 0 Å². The first kappa shape index (κ1) is 16.3. The molecular weight excluding hydrogens is 350 g/mol. The van der Waals surface area contributed by atoms with Crippen LogP contribution in [0.3, 0.4) is 0 Å². The quantitative estimate of drug-likeness (QED) is 0.815. The van der Waals surface area contributed by atoms with E-state index in [2.05, 4.69) is 58.2 Å². The molecule has 0 saturated carbocycles. The molecule has 1 heterocycles. The highest BCUT2D eigenvalue weighted by atomic mass is 79.9. The molecule has 0 fully saturated rings. The van der Waals surface area contributed by atoms with Gasteiger partial charge in [-0.25, -0.2) is 0 Å². The average molecular weight is 369 g/mol. The summed E-state index contributed by atoms with van der Waals surface area (Å²) in [4.78, 5) is 2.36. The molecule has 4 heteroatoms. The van der Waals surface area contributed by atoms with Crippen molar-refractivity contribution in [1.29, 1.82) is 0 Å². The zero-order chi connectivity index (χ0) is 14.1.